The molecule has 2 aliphatic heterocycles. The number of hydrogen-bond acceptors (Lipinski definition) is 6. The number of amides is 2. The Balaban J connectivity index is 1.60. The lowest BCUT2D eigenvalue weighted by molar-refractivity contribution is -0.116. The third-order valence-corrected chi connectivity index (χ3v) is 8.52. The number of thiocarbonyl (C=S) groups is 1. The van der Waals surface area contributed by atoms with Crippen LogP contribution in [0.5, 0.6) is 0 Å². The normalized spacial score (nSPS) is 28.0. The molecule has 0 radical (unpaired) electrons. The van der Waals surface area contributed by atoms with Gasteiger partial charge < -0.3 is 20.3 Å². The predicted octanol–water partition coefficient (Wildman–Crippen LogP) is 2.62. The molecule has 0 aliphatic carbocycles. The number of nitrogens with one attached hydrogen (secondary N) is 2. The average Bonchev–Trinajstić information content (AvgIpc) is 3.12. The topological polar surface area (TPSA) is 117 Å². The fourth-order valence-electron chi connectivity index (χ4n) is 3.79. The second-order valence-electron chi connectivity index (χ2n) is 7.79. The quantitative estimate of drug-likeness (QED) is 0.430. The predicted molar refractivity (Wildman–Crippen MR) is 124 cm³/mol. The van der Waals surface area contributed by atoms with Crippen molar-refractivity contribution in [3.8, 4) is 0 Å². The summed E-state index contributed by atoms with van der Waals surface area (Å²) in [6, 6.07) is 4.80. The molecular weight excluding hydrogens is 443 g/mol. The molecule has 1 aromatic rings. The number of rotatable bonds is 8. The van der Waals surface area contributed by atoms with Gasteiger partial charge in [-0.3, -0.25) is 14.4 Å². The van der Waals surface area contributed by atoms with E-state index in [9.17, 15) is 18.5 Å². The molecule has 0 saturated carbocycles. The number of ether oxygens (including phenoxy) is 1. The van der Waals surface area contributed by atoms with Crippen LogP contribution in [0.4, 0.5) is 14.9 Å². The molecule has 0 aromatic heterocycles. The van der Waals surface area contributed by atoms with Gasteiger partial charge in [-0.2, -0.15) is 0 Å². The van der Waals surface area contributed by atoms with Gasteiger partial charge in [-0.25, -0.2) is 9.18 Å². The van der Waals surface area contributed by atoms with Gasteiger partial charge in [-0.1, -0.05) is 35.7 Å². The third kappa shape index (κ3) is 6.06. The molecule has 1 aromatic carbocycles. The van der Waals surface area contributed by atoms with Crippen molar-refractivity contribution in [2.75, 3.05) is 36.0 Å². The molecule has 11 heteroatoms. The van der Waals surface area contributed by atoms with Gasteiger partial charge in [-0.05, 0) is 42.9 Å². The number of benzene rings is 1. The van der Waals surface area contributed by atoms with Gasteiger partial charge >= 0.3 is 6.09 Å². The molecule has 5 N–H and O–H groups in total. The fourth-order valence-corrected chi connectivity index (χ4v) is 6.12. The van der Waals surface area contributed by atoms with Crippen LogP contribution in [0.2, 0.25) is 0 Å². The number of anilines is 1. The van der Waals surface area contributed by atoms with Crippen molar-refractivity contribution in [1.29, 1.82) is 0 Å². The smallest absolute Gasteiger partial charge is 0.414 e. The van der Waals surface area contributed by atoms with Crippen LogP contribution in [0.25, 0.3) is 0 Å². The number of nitrogens with two attached hydrogens (primary N) is 1. The highest BCUT2D eigenvalue weighted by molar-refractivity contribution is 8.27. The van der Waals surface area contributed by atoms with Crippen molar-refractivity contribution in [2.24, 2.45) is 5.73 Å². The van der Waals surface area contributed by atoms with Crippen molar-refractivity contribution in [2.45, 2.75) is 38.2 Å². The summed E-state index contributed by atoms with van der Waals surface area (Å²) < 4.78 is 33.7. The summed E-state index contributed by atoms with van der Waals surface area (Å²) in [6.07, 6.45) is 1.06. The SMILES string of the molecule is CCC(=S)NC[C@H]1CN(c2ccc(C3CCS(O)(NCC(N)=O)CC3)c(F)c2)C(=O)O1. The van der Waals surface area contributed by atoms with E-state index in [4.69, 9.17) is 22.7 Å². The van der Waals surface area contributed by atoms with Crippen LogP contribution in [0.3, 0.4) is 0 Å². The summed E-state index contributed by atoms with van der Waals surface area (Å²) in [4.78, 5) is 25.3. The summed E-state index contributed by atoms with van der Waals surface area (Å²) in [5, 5.41) is 3.06. The molecule has 0 bridgehead atoms. The minimum absolute atomic E-state index is 0.0327. The summed E-state index contributed by atoms with van der Waals surface area (Å²) in [5.74, 6) is 0.0122. The molecule has 2 saturated heterocycles. The minimum atomic E-state index is -2.10. The first-order valence-corrected chi connectivity index (χ1v) is 12.6. The van der Waals surface area contributed by atoms with Crippen LogP contribution in [0.1, 0.15) is 37.7 Å². The molecule has 2 amide bonds. The van der Waals surface area contributed by atoms with E-state index in [1.807, 2.05) is 6.92 Å². The Bertz CT molecular complexity index is 848. The zero-order chi connectivity index (χ0) is 22.6. The molecular formula is C20H29FN4O4S2. The number of carbonyl (C=O) groups is 2. The Morgan fingerprint density at radius 2 is 2.13 bits per heavy atom. The summed E-state index contributed by atoms with van der Waals surface area (Å²) >= 11 is 5.12. The van der Waals surface area contributed by atoms with Crippen LogP contribution >= 0.6 is 22.7 Å². The number of hydrogen-bond donors (Lipinski definition) is 4. The molecule has 0 spiro atoms. The van der Waals surface area contributed by atoms with E-state index in [2.05, 4.69) is 10.0 Å². The molecule has 8 nitrogen and oxygen atoms in total. The summed E-state index contributed by atoms with van der Waals surface area (Å²) in [7, 11) is -2.10. The lowest BCUT2D eigenvalue weighted by Gasteiger charge is -2.41. The van der Waals surface area contributed by atoms with Crippen molar-refractivity contribution < 1.29 is 23.3 Å². The Labute approximate surface area is 188 Å². The zero-order valence-corrected chi connectivity index (χ0v) is 19.1. The van der Waals surface area contributed by atoms with Gasteiger partial charge in [0.15, 0.2) is 0 Å². The fraction of sp³-hybridized carbons (Fsp3) is 0.550. The van der Waals surface area contributed by atoms with Gasteiger partial charge in [0.1, 0.15) is 11.9 Å². The van der Waals surface area contributed by atoms with E-state index < -0.39 is 22.5 Å². The zero-order valence-electron chi connectivity index (χ0n) is 17.4. The summed E-state index contributed by atoms with van der Waals surface area (Å²) in [5.41, 5.74) is 6.15. The van der Waals surface area contributed by atoms with Gasteiger partial charge in [0.2, 0.25) is 5.91 Å². The molecule has 31 heavy (non-hydrogen) atoms. The van der Waals surface area contributed by atoms with Gasteiger partial charge in [0.25, 0.3) is 0 Å². The van der Waals surface area contributed by atoms with Gasteiger partial charge in [0, 0.05) is 11.5 Å². The molecule has 0 unspecified atom stereocenters. The van der Waals surface area contributed by atoms with Crippen LogP contribution < -0.4 is 20.7 Å². The number of primary amides is 1. The Kier molecular flexibility index (Phi) is 7.73. The maximum absolute atomic E-state index is 14.9. The number of nitrogens with zero attached hydrogens (tertiary/aromatic N) is 1. The van der Waals surface area contributed by atoms with Crippen LogP contribution in [0.15, 0.2) is 18.2 Å². The molecule has 1 atom stereocenters. The maximum atomic E-state index is 14.9. The summed E-state index contributed by atoms with van der Waals surface area (Å²) in [6.45, 7) is 2.62. The molecule has 2 aliphatic rings. The van der Waals surface area contributed by atoms with E-state index in [-0.39, 0.29) is 24.4 Å². The number of carbonyl (C=O) groups excluding carboxylic acids is 2. The Hall–Kier alpha value is -1.95. The van der Waals surface area contributed by atoms with E-state index in [1.54, 1.807) is 12.1 Å². The highest BCUT2D eigenvalue weighted by atomic mass is 32.3. The van der Waals surface area contributed by atoms with Gasteiger partial charge in [-0.15, -0.1) is 0 Å². The van der Waals surface area contributed by atoms with Crippen LogP contribution in [0, 0.1) is 5.82 Å². The van der Waals surface area contributed by atoms with E-state index in [0.717, 1.165) is 0 Å². The molecule has 2 fully saturated rings. The lowest BCUT2D eigenvalue weighted by Crippen LogP contribution is -2.36. The van der Waals surface area contributed by atoms with Crippen molar-refractivity contribution in [3.05, 3.63) is 29.6 Å². The van der Waals surface area contributed by atoms with Crippen LogP contribution in [-0.4, -0.2) is 58.8 Å². The first-order valence-electron chi connectivity index (χ1n) is 10.3. The highest BCUT2D eigenvalue weighted by Gasteiger charge is 2.34. The number of halogens is 1. The standard InChI is InChI=1S/C20H29FN4O4S2/c1-2-19(30)23-10-15-12-25(20(27)29-15)14-3-4-16(17(21)9-14)13-5-7-31(28,8-6-13)24-11-18(22)26/h3-4,9,13,15,24,28H,2,5-8,10-12H2,1H3,(H2,22,26)(H,23,30)/t15-/m0/s1. The molecule has 172 valence electrons. The lowest BCUT2D eigenvalue weighted by atomic mass is 9.93. The molecule has 3 rings (SSSR count). The van der Waals surface area contributed by atoms with Crippen LogP contribution in [-0.2, 0) is 9.53 Å². The monoisotopic (exact) mass is 472 g/mol. The average molecular weight is 473 g/mol. The van der Waals surface area contributed by atoms with E-state index in [0.29, 0.717) is 60.1 Å². The Morgan fingerprint density at radius 1 is 1.42 bits per heavy atom. The molecule has 2 heterocycles. The Morgan fingerprint density at radius 3 is 2.74 bits per heavy atom. The van der Waals surface area contributed by atoms with Crippen molar-refractivity contribution in [3.63, 3.8) is 0 Å². The minimum Gasteiger partial charge on any atom is -0.442 e. The van der Waals surface area contributed by atoms with Crippen molar-refractivity contribution in [1.82, 2.24) is 10.0 Å². The first kappa shape index (κ1) is 23.7. The van der Waals surface area contributed by atoms with Gasteiger partial charge in [0.05, 0.1) is 30.3 Å². The second-order valence-corrected chi connectivity index (χ2v) is 11.1. The number of cyclic esters (lactones) is 1. The largest absolute Gasteiger partial charge is 0.442 e. The van der Waals surface area contributed by atoms with E-state index >= 15 is 0 Å². The first-order chi connectivity index (χ1) is 14.7. The van der Waals surface area contributed by atoms with Crippen molar-refractivity contribution >= 4 is 45.4 Å². The third-order valence-electron chi connectivity index (χ3n) is 5.58. The maximum Gasteiger partial charge on any atom is 0.414 e. The highest BCUT2D eigenvalue weighted by Crippen LogP contribution is 2.49. The van der Waals surface area contributed by atoms with E-state index in [1.165, 1.54) is 11.0 Å². The second kappa shape index (κ2) is 10.1.